The molecule has 0 aliphatic carbocycles. The minimum atomic E-state index is -0.118. The van der Waals surface area contributed by atoms with Crippen LogP contribution in [0.5, 0.6) is 0 Å². The van der Waals surface area contributed by atoms with Crippen LogP contribution in [0.2, 0.25) is 0 Å². The predicted octanol–water partition coefficient (Wildman–Crippen LogP) is 3.12. The number of carbonyl (C=O) groups excluding carboxylic acids is 2. The zero-order chi connectivity index (χ0) is 17.7. The summed E-state index contributed by atoms with van der Waals surface area (Å²) in [5.41, 5.74) is 4.60. The molecule has 5 nitrogen and oxygen atoms in total. The van der Waals surface area contributed by atoms with Crippen molar-refractivity contribution in [2.45, 2.75) is 59.4 Å². The Bertz CT molecular complexity index is 588. The molecule has 1 aliphatic heterocycles. The first-order chi connectivity index (χ1) is 11.5. The molecule has 0 saturated carbocycles. The van der Waals surface area contributed by atoms with E-state index in [1.807, 2.05) is 6.92 Å². The fourth-order valence-electron chi connectivity index (χ4n) is 3.15. The molecule has 0 bridgehead atoms. The molecule has 1 saturated heterocycles. The molecule has 1 heterocycles. The molecule has 2 N–H and O–H groups in total. The fourth-order valence-corrected chi connectivity index (χ4v) is 3.15. The summed E-state index contributed by atoms with van der Waals surface area (Å²) in [7, 11) is 0. The van der Waals surface area contributed by atoms with Crippen molar-refractivity contribution in [3.05, 3.63) is 28.8 Å². The molecule has 1 fully saturated rings. The van der Waals surface area contributed by atoms with Crippen LogP contribution in [0.4, 0.5) is 10.5 Å². The number of benzene rings is 1. The Labute approximate surface area is 144 Å². The zero-order valence-electron chi connectivity index (χ0n) is 15.2. The van der Waals surface area contributed by atoms with E-state index in [2.05, 4.69) is 43.5 Å². The van der Waals surface area contributed by atoms with Crippen molar-refractivity contribution in [3.63, 3.8) is 0 Å². The fraction of sp³-hybridized carbons (Fsp3) is 0.579. The molecule has 5 heteroatoms. The average molecular weight is 331 g/mol. The van der Waals surface area contributed by atoms with Crippen molar-refractivity contribution in [2.24, 2.45) is 0 Å². The molecular weight excluding hydrogens is 302 g/mol. The van der Waals surface area contributed by atoms with Gasteiger partial charge in [-0.1, -0.05) is 32.9 Å². The molecule has 24 heavy (non-hydrogen) atoms. The van der Waals surface area contributed by atoms with Gasteiger partial charge in [0.1, 0.15) is 0 Å². The average Bonchev–Trinajstić information content (AvgIpc) is 2.76. The molecule has 1 aliphatic rings. The van der Waals surface area contributed by atoms with Crippen LogP contribution in [-0.4, -0.2) is 36.0 Å². The molecular formula is C19H29N3O2. The van der Waals surface area contributed by atoms with Crippen molar-refractivity contribution in [1.82, 2.24) is 10.2 Å². The Hall–Kier alpha value is -2.04. The lowest BCUT2D eigenvalue weighted by atomic mass is 9.98. The van der Waals surface area contributed by atoms with Crippen LogP contribution in [0.25, 0.3) is 0 Å². The van der Waals surface area contributed by atoms with E-state index in [0.29, 0.717) is 19.5 Å². The normalized spacial score (nSPS) is 18.1. The van der Waals surface area contributed by atoms with Crippen LogP contribution < -0.4 is 10.6 Å². The minimum Gasteiger partial charge on any atom is -0.354 e. The van der Waals surface area contributed by atoms with E-state index >= 15 is 0 Å². The third-order valence-corrected chi connectivity index (χ3v) is 4.73. The first kappa shape index (κ1) is 18.3. The molecule has 1 atom stereocenters. The number of aryl methyl sites for hydroxylation is 3. The summed E-state index contributed by atoms with van der Waals surface area (Å²) in [4.78, 5) is 26.1. The Kier molecular flexibility index (Phi) is 6.23. The highest BCUT2D eigenvalue weighted by atomic mass is 16.2. The highest BCUT2D eigenvalue weighted by Gasteiger charge is 2.25. The number of amides is 3. The molecule has 1 aromatic carbocycles. The first-order valence-corrected chi connectivity index (χ1v) is 8.99. The summed E-state index contributed by atoms with van der Waals surface area (Å²) in [5.74, 6) is 0.00735. The van der Waals surface area contributed by atoms with Crippen LogP contribution in [0, 0.1) is 0 Å². The summed E-state index contributed by atoms with van der Waals surface area (Å²) < 4.78 is 0. The van der Waals surface area contributed by atoms with Gasteiger partial charge in [0.2, 0.25) is 5.91 Å². The predicted molar refractivity (Wildman–Crippen MR) is 97.4 cm³/mol. The van der Waals surface area contributed by atoms with Gasteiger partial charge in [-0.2, -0.15) is 0 Å². The van der Waals surface area contributed by atoms with E-state index in [4.69, 9.17) is 0 Å². The number of hydrogen-bond donors (Lipinski definition) is 2. The van der Waals surface area contributed by atoms with Gasteiger partial charge in [-0.25, -0.2) is 4.79 Å². The maximum atomic E-state index is 12.8. The van der Waals surface area contributed by atoms with Gasteiger partial charge in [-0.05, 0) is 42.9 Å². The van der Waals surface area contributed by atoms with Crippen LogP contribution in [0.15, 0.2) is 12.1 Å². The molecule has 0 unspecified atom stereocenters. The van der Waals surface area contributed by atoms with Gasteiger partial charge in [0.25, 0.3) is 0 Å². The van der Waals surface area contributed by atoms with E-state index in [9.17, 15) is 9.59 Å². The molecule has 3 amide bonds. The monoisotopic (exact) mass is 331 g/mol. The van der Waals surface area contributed by atoms with E-state index in [-0.39, 0.29) is 18.0 Å². The van der Waals surface area contributed by atoms with Crippen molar-refractivity contribution < 1.29 is 9.59 Å². The number of nitrogens with zero attached hydrogens (tertiary/aromatic N) is 1. The Morgan fingerprint density at radius 2 is 1.83 bits per heavy atom. The molecule has 0 radical (unpaired) electrons. The maximum Gasteiger partial charge on any atom is 0.322 e. The Morgan fingerprint density at radius 3 is 2.38 bits per heavy atom. The lowest BCUT2D eigenvalue weighted by Gasteiger charge is -2.28. The second kappa shape index (κ2) is 8.18. The summed E-state index contributed by atoms with van der Waals surface area (Å²) in [6, 6.07) is 4.24. The largest absolute Gasteiger partial charge is 0.354 e. The smallest absolute Gasteiger partial charge is 0.322 e. The highest BCUT2D eigenvalue weighted by Crippen LogP contribution is 2.26. The molecule has 0 aromatic heterocycles. The van der Waals surface area contributed by atoms with Crippen LogP contribution in [0.1, 0.15) is 50.8 Å². The highest BCUT2D eigenvalue weighted by molar-refractivity contribution is 5.92. The van der Waals surface area contributed by atoms with Gasteiger partial charge in [-0.15, -0.1) is 0 Å². The summed E-state index contributed by atoms with van der Waals surface area (Å²) in [6.45, 7) is 9.29. The number of rotatable bonds is 4. The van der Waals surface area contributed by atoms with Crippen molar-refractivity contribution in [2.75, 3.05) is 18.4 Å². The Balaban J connectivity index is 2.25. The van der Waals surface area contributed by atoms with Gasteiger partial charge in [0.15, 0.2) is 0 Å². The van der Waals surface area contributed by atoms with Crippen LogP contribution in [0.3, 0.4) is 0 Å². The maximum absolute atomic E-state index is 12.8. The van der Waals surface area contributed by atoms with Crippen molar-refractivity contribution >= 4 is 17.6 Å². The number of anilines is 1. The first-order valence-electron chi connectivity index (χ1n) is 8.99. The third kappa shape index (κ3) is 4.08. The SMILES string of the molecule is CCc1cc(CC)c(NC(=O)N2CCC(=O)NC[C@@H]2C)c(CC)c1. The van der Waals surface area contributed by atoms with E-state index in [0.717, 1.165) is 24.9 Å². The molecule has 2 rings (SSSR count). The standard InChI is InChI=1S/C19H29N3O2/c1-5-14-10-15(6-2)18(16(7-3)11-14)21-19(24)22-9-8-17(23)20-12-13(22)4/h10-11,13H,5-9,12H2,1-4H3,(H,20,23)(H,21,24)/t13-/m0/s1. The van der Waals surface area contributed by atoms with Crippen molar-refractivity contribution in [3.8, 4) is 0 Å². The number of carbonyl (C=O) groups is 2. The zero-order valence-corrected chi connectivity index (χ0v) is 15.2. The third-order valence-electron chi connectivity index (χ3n) is 4.73. The summed E-state index contributed by atoms with van der Waals surface area (Å²) in [5, 5.41) is 5.97. The number of hydrogen-bond acceptors (Lipinski definition) is 2. The summed E-state index contributed by atoms with van der Waals surface area (Å²) in [6.07, 6.45) is 3.11. The van der Waals surface area contributed by atoms with Crippen LogP contribution in [-0.2, 0) is 24.1 Å². The quantitative estimate of drug-likeness (QED) is 0.890. The van der Waals surface area contributed by atoms with Gasteiger partial charge in [-0.3, -0.25) is 4.79 Å². The molecule has 132 valence electrons. The lowest BCUT2D eigenvalue weighted by Crippen LogP contribution is -2.44. The van der Waals surface area contributed by atoms with E-state index in [1.54, 1.807) is 4.90 Å². The minimum absolute atomic E-state index is 0.00735. The summed E-state index contributed by atoms with van der Waals surface area (Å²) >= 11 is 0. The second-order valence-electron chi connectivity index (χ2n) is 6.38. The van der Waals surface area contributed by atoms with Crippen LogP contribution >= 0.6 is 0 Å². The lowest BCUT2D eigenvalue weighted by molar-refractivity contribution is -0.120. The van der Waals surface area contributed by atoms with Gasteiger partial charge < -0.3 is 15.5 Å². The number of urea groups is 1. The van der Waals surface area contributed by atoms with E-state index in [1.165, 1.54) is 16.7 Å². The topological polar surface area (TPSA) is 61.4 Å². The van der Waals surface area contributed by atoms with Gasteiger partial charge in [0.05, 0.1) is 0 Å². The molecule has 1 aromatic rings. The number of nitrogens with one attached hydrogen (secondary N) is 2. The van der Waals surface area contributed by atoms with E-state index < -0.39 is 0 Å². The van der Waals surface area contributed by atoms with Gasteiger partial charge >= 0.3 is 6.03 Å². The molecule has 0 spiro atoms. The Morgan fingerprint density at radius 1 is 1.21 bits per heavy atom. The van der Waals surface area contributed by atoms with Gasteiger partial charge in [0, 0.05) is 31.2 Å². The van der Waals surface area contributed by atoms with Crippen molar-refractivity contribution in [1.29, 1.82) is 0 Å². The second-order valence-corrected chi connectivity index (χ2v) is 6.38.